The summed E-state index contributed by atoms with van der Waals surface area (Å²) in [6.45, 7) is 5.53. The van der Waals surface area contributed by atoms with Crippen LogP contribution >= 0.6 is 0 Å². The van der Waals surface area contributed by atoms with Crippen molar-refractivity contribution in [3.63, 3.8) is 0 Å². The molecule has 7 heteroatoms. The van der Waals surface area contributed by atoms with Gasteiger partial charge in [0.2, 0.25) is 5.91 Å². The summed E-state index contributed by atoms with van der Waals surface area (Å²) in [6, 6.07) is -1.51. The van der Waals surface area contributed by atoms with Crippen LogP contribution in [0.2, 0.25) is 0 Å². The smallest absolute Gasteiger partial charge is 0.325 e. The molecule has 0 aromatic carbocycles. The number of ether oxygens (including phenoxy) is 1. The van der Waals surface area contributed by atoms with Crippen LogP contribution in [0.25, 0.3) is 0 Å². The zero-order valence-corrected chi connectivity index (χ0v) is 11.0. The molecule has 3 amide bonds. The fraction of sp³-hybridized carbons (Fsp3) is 0.727. The second kappa shape index (κ2) is 8.32. The van der Waals surface area contributed by atoms with E-state index in [-0.39, 0.29) is 19.1 Å². The number of nitrogens with two attached hydrogens (primary N) is 1. The average molecular weight is 259 g/mol. The van der Waals surface area contributed by atoms with E-state index in [1.165, 1.54) is 0 Å². The maximum absolute atomic E-state index is 11.7. The lowest BCUT2D eigenvalue weighted by Crippen LogP contribution is -2.50. The van der Waals surface area contributed by atoms with Crippen LogP contribution in [0.15, 0.2) is 0 Å². The Balaban J connectivity index is 4.28. The topological polar surface area (TPSA) is 111 Å². The van der Waals surface area contributed by atoms with Gasteiger partial charge >= 0.3 is 12.0 Å². The van der Waals surface area contributed by atoms with Crippen LogP contribution in [-0.2, 0) is 14.3 Å². The third kappa shape index (κ3) is 7.48. The zero-order chi connectivity index (χ0) is 14.1. The molecule has 0 fully saturated rings. The number of carbonyl (C=O) groups is 3. The van der Waals surface area contributed by atoms with Gasteiger partial charge in [0, 0.05) is 0 Å². The Bertz CT molecular complexity index is 305. The van der Waals surface area contributed by atoms with Crippen molar-refractivity contribution in [2.45, 2.75) is 33.2 Å². The summed E-state index contributed by atoms with van der Waals surface area (Å²) in [5, 5.41) is 4.74. The maximum Gasteiger partial charge on any atom is 0.325 e. The zero-order valence-electron chi connectivity index (χ0n) is 11.0. The minimum absolute atomic E-state index is 0.204. The molecule has 0 heterocycles. The summed E-state index contributed by atoms with van der Waals surface area (Å²) in [5.74, 6) is -0.765. The normalized spacial score (nSPS) is 11.8. The number of carbonyl (C=O) groups excluding carboxylic acids is 3. The molecule has 0 spiro atoms. The Labute approximate surface area is 106 Å². The molecule has 0 aliphatic carbocycles. The minimum Gasteiger partial charge on any atom is -0.465 e. The number of hydrogen-bond donors (Lipinski definition) is 3. The SMILES string of the molecule is CCOC(=O)CNC(=O)C(CC(C)C)NC(N)=O. The van der Waals surface area contributed by atoms with Crippen molar-refractivity contribution in [3.8, 4) is 0 Å². The Morgan fingerprint density at radius 1 is 1.28 bits per heavy atom. The number of nitrogens with one attached hydrogen (secondary N) is 2. The van der Waals surface area contributed by atoms with Gasteiger partial charge < -0.3 is 21.1 Å². The third-order valence-corrected chi connectivity index (χ3v) is 2.05. The number of amides is 3. The Kier molecular flexibility index (Phi) is 7.50. The van der Waals surface area contributed by atoms with Gasteiger partial charge in [-0.1, -0.05) is 13.8 Å². The first-order chi connectivity index (χ1) is 8.36. The average Bonchev–Trinajstić information content (AvgIpc) is 2.24. The number of esters is 1. The highest BCUT2D eigenvalue weighted by Crippen LogP contribution is 2.04. The lowest BCUT2D eigenvalue weighted by Gasteiger charge is -2.18. The third-order valence-electron chi connectivity index (χ3n) is 2.05. The monoisotopic (exact) mass is 259 g/mol. The molecular formula is C11H21N3O4. The molecule has 104 valence electrons. The van der Waals surface area contributed by atoms with Gasteiger partial charge in [0.05, 0.1) is 6.61 Å². The second-order valence-electron chi connectivity index (χ2n) is 4.21. The lowest BCUT2D eigenvalue weighted by molar-refractivity contribution is -0.143. The van der Waals surface area contributed by atoms with Crippen LogP contribution in [-0.4, -0.2) is 37.1 Å². The number of urea groups is 1. The number of rotatable bonds is 7. The van der Waals surface area contributed by atoms with Gasteiger partial charge in [0.1, 0.15) is 12.6 Å². The van der Waals surface area contributed by atoms with Crippen molar-refractivity contribution in [3.05, 3.63) is 0 Å². The molecule has 0 saturated heterocycles. The first-order valence-electron chi connectivity index (χ1n) is 5.86. The molecule has 0 aromatic heterocycles. The number of hydrogen-bond acceptors (Lipinski definition) is 4. The summed E-state index contributed by atoms with van der Waals surface area (Å²) in [7, 11) is 0. The summed E-state index contributed by atoms with van der Waals surface area (Å²) < 4.78 is 4.67. The quantitative estimate of drug-likeness (QED) is 0.547. The van der Waals surface area contributed by atoms with Gasteiger partial charge in [-0.25, -0.2) is 4.79 Å². The van der Waals surface area contributed by atoms with Gasteiger partial charge in [-0.3, -0.25) is 9.59 Å². The molecule has 18 heavy (non-hydrogen) atoms. The summed E-state index contributed by atoms with van der Waals surface area (Å²) in [4.78, 5) is 33.6. The van der Waals surface area contributed by atoms with E-state index in [0.717, 1.165) is 0 Å². The second-order valence-corrected chi connectivity index (χ2v) is 4.21. The molecule has 0 radical (unpaired) electrons. The van der Waals surface area contributed by atoms with Crippen molar-refractivity contribution in [2.75, 3.05) is 13.2 Å². The van der Waals surface area contributed by atoms with Crippen LogP contribution in [0.3, 0.4) is 0 Å². The van der Waals surface area contributed by atoms with Gasteiger partial charge in [-0.2, -0.15) is 0 Å². The van der Waals surface area contributed by atoms with Gasteiger partial charge in [0.15, 0.2) is 0 Å². The van der Waals surface area contributed by atoms with E-state index in [9.17, 15) is 14.4 Å². The molecule has 1 unspecified atom stereocenters. The Morgan fingerprint density at radius 2 is 1.89 bits per heavy atom. The summed E-state index contributed by atoms with van der Waals surface area (Å²) >= 11 is 0. The Hall–Kier alpha value is -1.79. The van der Waals surface area contributed by atoms with Gasteiger partial charge in [-0.05, 0) is 19.3 Å². The van der Waals surface area contributed by atoms with Gasteiger partial charge in [-0.15, -0.1) is 0 Å². The van der Waals surface area contributed by atoms with E-state index in [1.54, 1.807) is 6.92 Å². The highest BCUT2D eigenvalue weighted by Gasteiger charge is 2.21. The Morgan fingerprint density at radius 3 is 2.33 bits per heavy atom. The van der Waals surface area contributed by atoms with Crippen LogP contribution in [0.5, 0.6) is 0 Å². The van der Waals surface area contributed by atoms with E-state index in [1.807, 2.05) is 13.8 Å². The summed E-state index contributed by atoms with van der Waals surface area (Å²) in [5.41, 5.74) is 4.99. The predicted molar refractivity (Wildman–Crippen MR) is 65.6 cm³/mol. The highest BCUT2D eigenvalue weighted by molar-refractivity contribution is 5.88. The van der Waals surface area contributed by atoms with Crippen LogP contribution < -0.4 is 16.4 Å². The highest BCUT2D eigenvalue weighted by atomic mass is 16.5. The van der Waals surface area contributed by atoms with E-state index < -0.39 is 23.9 Å². The molecule has 7 nitrogen and oxygen atoms in total. The lowest BCUT2D eigenvalue weighted by atomic mass is 10.0. The van der Waals surface area contributed by atoms with Crippen molar-refractivity contribution in [1.29, 1.82) is 0 Å². The molecule has 4 N–H and O–H groups in total. The van der Waals surface area contributed by atoms with E-state index in [2.05, 4.69) is 15.4 Å². The molecule has 0 aromatic rings. The molecular weight excluding hydrogens is 238 g/mol. The van der Waals surface area contributed by atoms with Crippen molar-refractivity contribution < 1.29 is 19.1 Å². The fourth-order valence-electron chi connectivity index (χ4n) is 1.37. The van der Waals surface area contributed by atoms with E-state index in [4.69, 9.17) is 5.73 Å². The first-order valence-corrected chi connectivity index (χ1v) is 5.86. The predicted octanol–water partition coefficient (Wildman–Crippen LogP) is -0.251. The van der Waals surface area contributed by atoms with Crippen molar-refractivity contribution in [2.24, 2.45) is 11.7 Å². The largest absolute Gasteiger partial charge is 0.465 e. The molecule has 1 atom stereocenters. The van der Waals surface area contributed by atoms with Crippen LogP contribution in [0, 0.1) is 5.92 Å². The van der Waals surface area contributed by atoms with Crippen LogP contribution in [0.4, 0.5) is 4.79 Å². The first kappa shape index (κ1) is 16.2. The standard InChI is InChI=1S/C11H21N3O4/c1-4-18-9(15)6-13-10(16)8(5-7(2)3)14-11(12)17/h7-8H,4-6H2,1-3H3,(H,13,16)(H3,12,14,17). The fourth-order valence-corrected chi connectivity index (χ4v) is 1.37. The van der Waals surface area contributed by atoms with E-state index in [0.29, 0.717) is 6.42 Å². The van der Waals surface area contributed by atoms with Crippen molar-refractivity contribution >= 4 is 17.9 Å². The van der Waals surface area contributed by atoms with Crippen LogP contribution in [0.1, 0.15) is 27.2 Å². The molecule has 0 bridgehead atoms. The minimum atomic E-state index is -0.771. The molecule has 0 aliphatic heterocycles. The molecule has 0 aliphatic rings. The maximum atomic E-state index is 11.7. The molecule has 0 saturated carbocycles. The number of primary amides is 1. The summed E-state index contributed by atoms with van der Waals surface area (Å²) in [6.07, 6.45) is 0.442. The van der Waals surface area contributed by atoms with E-state index >= 15 is 0 Å². The molecule has 0 rings (SSSR count). The van der Waals surface area contributed by atoms with Gasteiger partial charge in [0.25, 0.3) is 0 Å². The van der Waals surface area contributed by atoms with Crippen molar-refractivity contribution in [1.82, 2.24) is 10.6 Å².